The molecule has 0 aliphatic heterocycles. The zero-order valence-electron chi connectivity index (χ0n) is 18.2. The van der Waals surface area contributed by atoms with Crippen molar-refractivity contribution in [3.8, 4) is 16.9 Å². The molecule has 0 spiro atoms. The molecule has 0 aliphatic carbocycles. The number of carbonyl (C=O) groups excluding carboxylic acids is 1. The van der Waals surface area contributed by atoms with E-state index in [4.69, 9.17) is 4.74 Å². The van der Waals surface area contributed by atoms with Crippen molar-refractivity contribution in [2.45, 2.75) is 19.3 Å². The van der Waals surface area contributed by atoms with Crippen molar-refractivity contribution in [1.82, 2.24) is 0 Å². The molecule has 0 fully saturated rings. The maximum Gasteiger partial charge on any atom is 0.349 e. The van der Waals surface area contributed by atoms with Crippen molar-refractivity contribution in [3.63, 3.8) is 0 Å². The maximum absolute atomic E-state index is 14.7. The molecule has 172 valence electrons. The highest BCUT2D eigenvalue weighted by Crippen LogP contribution is 2.27. The van der Waals surface area contributed by atoms with Crippen LogP contribution in [0.1, 0.15) is 34.3 Å². The summed E-state index contributed by atoms with van der Waals surface area (Å²) in [6.07, 6.45) is 0.807. The van der Waals surface area contributed by atoms with E-state index in [1.54, 1.807) is 12.1 Å². The number of halogens is 4. The molecule has 4 aromatic carbocycles. The van der Waals surface area contributed by atoms with E-state index in [1.165, 1.54) is 5.56 Å². The normalized spacial score (nSPS) is 11.8. The molecular formula is C28H20F4O2. The minimum atomic E-state index is -1.35. The zero-order chi connectivity index (χ0) is 24.2. The smallest absolute Gasteiger partial charge is 0.349 e. The standard InChI is InChI=1S/C28H20F4O2/c1-17(19-5-3-2-4-6-19)13-18-7-9-20(10-8-18)21-14-25(31)27(26(32)15-21)28(33)34-22-11-12-23(29)24(30)16-22/h2-12,14-17H,13H2,1H3/t17-/m0/s1. The summed E-state index contributed by atoms with van der Waals surface area (Å²) in [6, 6.07) is 21.9. The quantitative estimate of drug-likeness (QED) is 0.168. The highest BCUT2D eigenvalue weighted by atomic mass is 19.2. The van der Waals surface area contributed by atoms with Gasteiger partial charge in [0.05, 0.1) is 0 Å². The van der Waals surface area contributed by atoms with Gasteiger partial charge in [-0.25, -0.2) is 22.4 Å². The van der Waals surface area contributed by atoms with Gasteiger partial charge in [0, 0.05) is 6.07 Å². The van der Waals surface area contributed by atoms with E-state index in [2.05, 4.69) is 19.1 Å². The van der Waals surface area contributed by atoms with Gasteiger partial charge in [0.1, 0.15) is 22.9 Å². The van der Waals surface area contributed by atoms with E-state index in [0.29, 0.717) is 17.5 Å². The van der Waals surface area contributed by atoms with E-state index in [-0.39, 0.29) is 11.3 Å². The molecule has 0 bridgehead atoms. The molecule has 0 heterocycles. The highest BCUT2D eigenvalue weighted by molar-refractivity contribution is 5.92. The van der Waals surface area contributed by atoms with Crippen LogP contribution in [0.4, 0.5) is 17.6 Å². The van der Waals surface area contributed by atoms with E-state index in [9.17, 15) is 22.4 Å². The lowest BCUT2D eigenvalue weighted by molar-refractivity contribution is 0.0724. The SMILES string of the molecule is C[C@@H](Cc1ccc(-c2cc(F)c(C(=O)Oc3ccc(F)c(F)c3)c(F)c2)cc1)c1ccccc1. The summed E-state index contributed by atoms with van der Waals surface area (Å²) in [4.78, 5) is 12.2. The fourth-order valence-electron chi connectivity index (χ4n) is 3.72. The lowest BCUT2D eigenvalue weighted by atomic mass is 9.93. The molecule has 4 rings (SSSR count). The van der Waals surface area contributed by atoms with Crippen LogP contribution >= 0.6 is 0 Å². The first-order valence-corrected chi connectivity index (χ1v) is 10.6. The number of benzene rings is 4. The molecule has 6 heteroatoms. The molecule has 0 N–H and O–H groups in total. The van der Waals surface area contributed by atoms with Crippen molar-refractivity contribution >= 4 is 5.97 Å². The Morgan fingerprint density at radius 1 is 0.735 bits per heavy atom. The van der Waals surface area contributed by atoms with Crippen LogP contribution in [-0.4, -0.2) is 5.97 Å². The molecule has 4 aromatic rings. The average Bonchev–Trinajstić information content (AvgIpc) is 2.82. The van der Waals surface area contributed by atoms with Gasteiger partial charge in [-0.1, -0.05) is 61.5 Å². The highest BCUT2D eigenvalue weighted by Gasteiger charge is 2.22. The summed E-state index contributed by atoms with van der Waals surface area (Å²) in [7, 11) is 0. The molecule has 0 saturated heterocycles. The molecule has 1 atom stereocenters. The number of hydrogen-bond acceptors (Lipinski definition) is 2. The van der Waals surface area contributed by atoms with Crippen LogP contribution in [-0.2, 0) is 6.42 Å². The van der Waals surface area contributed by atoms with Crippen LogP contribution in [0.2, 0.25) is 0 Å². The second-order valence-electron chi connectivity index (χ2n) is 7.99. The van der Waals surface area contributed by atoms with E-state index >= 15 is 0 Å². The Balaban J connectivity index is 1.51. The number of hydrogen-bond donors (Lipinski definition) is 0. The van der Waals surface area contributed by atoms with Crippen molar-refractivity contribution in [2.75, 3.05) is 0 Å². The fraction of sp³-hybridized carbons (Fsp3) is 0.107. The van der Waals surface area contributed by atoms with E-state index in [0.717, 1.165) is 36.2 Å². The van der Waals surface area contributed by atoms with Gasteiger partial charge in [-0.2, -0.15) is 0 Å². The summed E-state index contributed by atoms with van der Waals surface area (Å²) in [5.74, 6) is -6.04. The Kier molecular flexibility index (Phi) is 6.77. The van der Waals surface area contributed by atoms with Gasteiger partial charge < -0.3 is 4.74 Å². The van der Waals surface area contributed by atoms with Crippen LogP contribution < -0.4 is 4.74 Å². The fourth-order valence-corrected chi connectivity index (χ4v) is 3.72. The number of ether oxygens (including phenoxy) is 1. The van der Waals surface area contributed by atoms with E-state index in [1.807, 2.05) is 30.3 Å². The Hall–Kier alpha value is -3.93. The van der Waals surface area contributed by atoms with Gasteiger partial charge in [0.2, 0.25) is 0 Å². The Bertz CT molecular complexity index is 1300. The van der Waals surface area contributed by atoms with E-state index < -0.39 is 34.8 Å². The summed E-state index contributed by atoms with van der Waals surface area (Å²) in [5.41, 5.74) is 2.22. The minimum absolute atomic E-state index is 0.252. The number of esters is 1. The van der Waals surface area contributed by atoms with Crippen molar-refractivity contribution < 1.29 is 27.1 Å². The van der Waals surface area contributed by atoms with Gasteiger partial charge in [0.15, 0.2) is 11.6 Å². The summed E-state index contributed by atoms with van der Waals surface area (Å²) in [5, 5.41) is 0. The molecule has 0 radical (unpaired) electrons. The van der Waals surface area contributed by atoms with Crippen LogP contribution in [0, 0.1) is 23.3 Å². The molecule has 0 aliphatic rings. The maximum atomic E-state index is 14.7. The second kappa shape index (κ2) is 9.91. The van der Waals surface area contributed by atoms with Gasteiger partial charge in [-0.05, 0) is 58.9 Å². The molecule has 34 heavy (non-hydrogen) atoms. The van der Waals surface area contributed by atoms with Crippen molar-refractivity contribution in [1.29, 1.82) is 0 Å². The molecule has 0 saturated carbocycles. The van der Waals surface area contributed by atoms with Crippen LogP contribution in [0.5, 0.6) is 5.75 Å². The number of rotatable bonds is 6. The third-order valence-corrected chi connectivity index (χ3v) is 5.55. The van der Waals surface area contributed by atoms with Gasteiger partial charge in [0.25, 0.3) is 0 Å². The number of carbonyl (C=O) groups is 1. The van der Waals surface area contributed by atoms with Gasteiger partial charge in [-0.15, -0.1) is 0 Å². The average molecular weight is 464 g/mol. The lowest BCUT2D eigenvalue weighted by Gasteiger charge is -2.13. The lowest BCUT2D eigenvalue weighted by Crippen LogP contribution is -2.13. The van der Waals surface area contributed by atoms with Crippen LogP contribution in [0.3, 0.4) is 0 Å². The van der Waals surface area contributed by atoms with Crippen LogP contribution in [0.15, 0.2) is 84.9 Å². The Morgan fingerprint density at radius 2 is 1.38 bits per heavy atom. The second-order valence-corrected chi connectivity index (χ2v) is 7.99. The first kappa shape index (κ1) is 23.2. The topological polar surface area (TPSA) is 26.3 Å². The molecule has 2 nitrogen and oxygen atoms in total. The van der Waals surface area contributed by atoms with Gasteiger partial charge in [-0.3, -0.25) is 0 Å². The predicted octanol–water partition coefficient (Wildman–Crippen LogP) is 7.48. The summed E-state index contributed by atoms with van der Waals surface area (Å²) >= 11 is 0. The Morgan fingerprint density at radius 3 is 2.00 bits per heavy atom. The summed E-state index contributed by atoms with van der Waals surface area (Å²) in [6.45, 7) is 2.13. The first-order valence-electron chi connectivity index (χ1n) is 10.6. The molecule has 0 aromatic heterocycles. The van der Waals surface area contributed by atoms with Crippen LogP contribution in [0.25, 0.3) is 11.1 Å². The van der Waals surface area contributed by atoms with Crippen molar-refractivity contribution in [2.24, 2.45) is 0 Å². The monoisotopic (exact) mass is 464 g/mol. The van der Waals surface area contributed by atoms with Crippen molar-refractivity contribution in [3.05, 3.63) is 125 Å². The zero-order valence-corrected chi connectivity index (χ0v) is 18.2. The predicted molar refractivity (Wildman–Crippen MR) is 122 cm³/mol. The first-order chi connectivity index (χ1) is 16.3. The largest absolute Gasteiger partial charge is 0.423 e. The molecule has 0 amide bonds. The third-order valence-electron chi connectivity index (χ3n) is 5.55. The minimum Gasteiger partial charge on any atom is -0.423 e. The summed E-state index contributed by atoms with van der Waals surface area (Å²) < 4.78 is 60.4. The Labute approximate surface area is 194 Å². The molecule has 0 unspecified atom stereocenters. The molecular weight excluding hydrogens is 444 g/mol. The van der Waals surface area contributed by atoms with Gasteiger partial charge >= 0.3 is 5.97 Å². The third kappa shape index (κ3) is 5.17.